The molecule has 0 radical (unpaired) electrons. The standard InChI is InChI=1S/C16H16N4O/c1-2-20-11-14(13-7-3-4-8-15(13)20)19-16(21)18-12-6-5-9-17-10-12/h3-11H,2H2,1H3,(H2,18,19,21). The van der Waals surface area contributed by atoms with Gasteiger partial charge in [-0.05, 0) is 25.1 Å². The maximum Gasteiger partial charge on any atom is 0.323 e. The van der Waals surface area contributed by atoms with Crippen molar-refractivity contribution in [3.8, 4) is 0 Å². The van der Waals surface area contributed by atoms with Gasteiger partial charge in [0.2, 0.25) is 0 Å². The van der Waals surface area contributed by atoms with Gasteiger partial charge in [-0.15, -0.1) is 0 Å². The van der Waals surface area contributed by atoms with Gasteiger partial charge < -0.3 is 15.2 Å². The van der Waals surface area contributed by atoms with Crippen molar-refractivity contribution in [2.45, 2.75) is 13.5 Å². The smallest absolute Gasteiger partial charge is 0.323 e. The number of rotatable bonds is 3. The van der Waals surface area contributed by atoms with Gasteiger partial charge in [-0.1, -0.05) is 18.2 Å². The number of aryl methyl sites for hydroxylation is 1. The Balaban J connectivity index is 1.83. The Bertz CT molecular complexity index is 764. The minimum Gasteiger partial charge on any atom is -0.346 e. The first-order valence-electron chi connectivity index (χ1n) is 6.84. The summed E-state index contributed by atoms with van der Waals surface area (Å²) < 4.78 is 2.11. The van der Waals surface area contributed by atoms with Gasteiger partial charge in [-0.3, -0.25) is 4.98 Å². The van der Waals surface area contributed by atoms with E-state index in [0.29, 0.717) is 5.69 Å². The summed E-state index contributed by atoms with van der Waals surface area (Å²) in [6, 6.07) is 11.3. The van der Waals surface area contributed by atoms with E-state index in [1.165, 1.54) is 0 Å². The second kappa shape index (κ2) is 5.66. The van der Waals surface area contributed by atoms with Gasteiger partial charge >= 0.3 is 6.03 Å². The van der Waals surface area contributed by atoms with Crippen LogP contribution in [0.3, 0.4) is 0 Å². The van der Waals surface area contributed by atoms with Crippen LogP contribution in [0.15, 0.2) is 55.0 Å². The lowest BCUT2D eigenvalue weighted by atomic mass is 10.2. The fraction of sp³-hybridized carbons (Fsp3) is 0.125. The summed E-state index contributed by atoms with van der Waals surface area (Å²) in [5.41, 5.74) is 2.57. The summed E-state index contributed by atoms with van der Waals surface area (Å²) in [6.45, 7) is 2.93. The zero-order valence-corrected chi connectivity index (χ0v) is 11.7. The first kappa shape index (κ1) is 13.2. The molecule has 5 heteroatoms. The van der Waals surface area contributed by atoms with Gasteiger partial charge in [-0.25, -0.2) is 4.79 Å². The number of hydrogen-bond donors (Lipinski definition) is 2. The Morgan fingerprint density at radius 2 is 2.05 bits per heavy atom. The number of carbonyl (C=O) groups is 1. The molecule has 0 spiro atoms. The van der Waals surface area contributed by atoms with Crippen LogP contribution in [0.1, 0.15) is 6.92 Å². The largest absolute Gasteiger partial charge is 0.346 e. The Hall–Kier alpha value is -2.82. The molecule has 0 atom stereocenters. The molecule has 5 nitrogen and oxygen atoms in total. The summed E-state index contributed by atoms with van der Waals surface area (Å²) in [5, 5.41) is 6.68. The van der Waals surface area contributed by atoms with Crippen LogP contribution in [0.4, 0.5) is 16.2 Å². The van der Waals surface area contributed by atoms with E-state index >= 15 is 0 Å². The van der Waals surface area contributed by atoms with Crippen molar-refractivity contribution in [1.82, 2.24) is 9.55 Å². The van der Waals surface area contributed by atoms with Crippen LogP contribution in [-0.4, -0.2) is 15.6 Å². The van der Waals surface area contributed by atoms with Gasteiger partial charge in [0, 0.05) is 24.3 Å². The monoisotopic (exact) mass is 280 g/mol. The van der Waals surface area contributed by atoms with Crippen molar-refractivity contribution < 1.29 is 4.79 Å². The molecule has 2 N–H and O–H groups in total. The molecule has 3 aromatic rings. The van der Waals surface area contributed by atoms with Crippen LogP contribution in [0.5, 0.6) is 0 Å². The Morgan fingerprint density at radius 3 is 2.81 bits per heavy atom. The molecule has 0 bridgehead atoms. The number of nitrogens with zero attached hydrogens (tertiary/aromatic N) is 2. The molecule has 0 aliphatic heterocycles. The molecule has 0 saturated carbocycles. The minimum absolute atomic E-state index is 0.276. The number of fused-ring (bicyclic) bond motifs is 1. The zero-order valence-electron chi connectivity index (χ0n) is 11.7. The maximum atomic E-state index is 12.1. The summed E-state index contributed by atoms with van der Waals surface area (Å²) in [5.74, 6) is 0. The number of benzene rings is 1. The molecule has 0 aliphatic carbocycles. The van der Waals surface area contributed by atoms with E-state index in [4.69, 9.17) is 0 Å². The number of urea groups is 1. The Morgan fingerprint density at radius 1 is 1.19 bits per heavy atom. The number of hydrogen-bond acceptors (Lipinski definition) is 2. The first-order valence-corrected chi connectivity index (χ1v) is 6.84. The van der Waals surface area contributed by atoms with Crippen molar-refractivity contribution in [2.75, 3.05) is 10.6 Å². The molecule has 0 aliphatic rings. The number of aromatic nitrogens is 2. The van der Waals surface area contributed by atoms with Gasteiger partial charge in [0.05, 0.1) is 23.1 Å². The lowest BCUT2D eigenvalue weighted by Crippen LogP contribution is -2.19. The van der Waals surface area contributed by atoms with Crippen molar-refractivity contribution in [2.24, 2.45) is 0 Å². The highest BCUT2D eigenvalue weighted by Gasteiger charge is 2.10. The van der Waals surface area contributed by atoms with Crippen molar-refractivity contribution >= 4 is 28.3 Å². The molecule has 106 valence electrons. The number of amides is 2. The number of carbonyl (C=O) groups excluding carboxylic acids is 1. The lowest BCUT2D eigenvalue weighted by molar-refractivity contribution is 0.262. The fourth-order valence-corrected chi connectivity index (χ4v) is 2.33. The molecule has 21 heavy (non-hydrogen) atoms. The summed E-state index contributed by atoms with van der Waals surface area (Å²) in [6.07, 6.45) is 5.22. The summed E-state index contributed by atoms with van der Waals surface area (Å²) in [4.78, 5) is 16.0. The van der Waals surface area contributed by atoms with E-state index in [2.05, 4.69) is 27.1 Å². The van der Waals surface area contributed by atoms with Gasteiger partial charge in [0.25, 0.3) is 0 Å². The normalized spacial score (nSPS) is 10.5. The van der Waals surface area contributed by atoms with Crippen molar-refractivity contribution in [3.05, 3.63) is 55.0 Å². The number of pyridine rings is 1. The second-order valence-corrected chi connectivity index (χ2v) is 4.67. The third kappa shape index (κ3) is 2.72. The third-order valence-electron chi connectivity index (χ3n) is 3.30. The van der Waals surface area contributed by atoms with E-state index in [1.54, 1.807) is 24.5 Å². The number of anilines is 2. The van der Waals surface area contributed by atoms with Crippen LogP contribution in [0, 0.1) is 0 Å². The van der Waals surface area contributed by atoms with Gasteiger partial charge in [0.15, 0.2) is 0 Å². The van der Waals surface area contributed by atoms with Crippen LogP contribution in [-0.2, 0) is 6.54 Å². The van der Waals surface area contributed by atoms with E-state index < -0.39 is 0 Å². The van der Waals surface area contributed by atoms with Crippen molar-refractivity contribution in [1.29, 1.82) is 0 Å². The average molecular weight is 280 g/mol. The van der Waals surface area contributed by atoms with Gasteiger partial charge in [0.1, 0.15) is 0 Å². The van der Waals surface area contributed by atoms with E-state index in [1.807, 2.05) is 30.5 Å². The molecule has 2 aromatic heterocycles. The Labute approximate surface area is 122 Å². The van der Waals surface area contributed by atoms with E-state index in [-0.39, 0.29) is 6.03 Å². The first-order chi connectivity index (χ1) is 10.3. The lowest BCUT2D eigenvalue weighted by Gasteiger charge is -2.06. The maximum absolute atomic E-state index is 12.1. The number of nitrogens with one attached hydrogen (secondary N) is 2. The SMILES string of the molecule is CCn1cc(NC(=O)Nc2cccnc2)c2ccccc21. The van der Waals surface area contributed by atoms with E-state index in [0.717, 1.165) is 23.1 Å². The topological polar surface area (TPSA) is 59.0 Å². The molecule has 0 saturated heterocycles. The summed E-state index contributed by atoms with van der Waals surface area (Å²) in [7, 11) is 0. The third-order valence-corrected chi connectivity index (χ3v) is 3.30. The highest BCUT2D eigenvalue weighted by atomic mass is 16.2. The van der Waals surface area contributed by atoms with Crippen molar-refractivity contribution in [3.63, 3.8) is 0 Å². The van der Waals surface area contributed by atoms with Crippen LogP contribution >= 0.6 is 0 Å². The highest BCUT2D eigenvalue weighted by molar-refractivity contribution is 6.06. The predicted octanol–water partition coefficient (Wildman–Crippen LogP) is 3.70. The number of para-hydroxylation sites is 1. The van der Waals surface area contributed by atoms with Crippen LogP contribution in [0.2, 0.25) is 0 Å². The quantitative estimate of drug-likeness (QED) is 0.768. The highest BCUT2D eigenvalue weighted by Crippen LogP contribution is 2.25. The van der Waals surface area contributed by atoms with Crippen LogP contribution < -0.4 is 10.6 Å². The van der Waals surface area contributed by atoms with E-state index in [9.17, 15) is 4.79 Å². The zero-order chi connectivity index (χ0) is 14.7. The molecule has 3 rings (SSSR count). The molecule has 2 heterocycles. The fourth-order valence-electron chi connectivity index (χ4n) is 2.33. The van der Waals surface area contributed by atoms with Crippen LogP contribution in [0.25, 0.3) is 10.9 Å². The molecular weight excluding hydrogens is 264 g/mol. The molecule has 0 fully saturated rings. The minimum atomic E-state index is -0.276. The molecule has 1 aromatic carbocycles. The average Bonchev–Trinajstić information content (AvgIpc) is 2.86. The van der Waals surface area contributed by atoms with Gasteiger partial charge in [-0.2, -0.15) is 0 Å². The summed E-state index contributed by atoms with van der Waals surface area (Å²) >= 11 is 0. The Kier molecular flexibility index (Phi) is 3.55. The predicted molar refractivity (Wildman–Crippen MR) is 84.5 cm³/mol. The molecule has 2 amide bonds. The molecular formula is C16H16N4O. The molecule has 0 unspecified atom stereocenters. The second-order valence-electron chi connectivity index (χ2n) is 4.67.